The van der Waals surface area contributed by atoms with Crippen LogP contribution in [0.25, 0.3) is 0 Å². The van der Waals surface area contributed by atoms with Gasteiger partial charge in [0.25, 0.3) is 5.91 Å². The zero-order chi connectivity index (χ0) is 16.7. The molecule has 0 aliphatic carbocycles. The fourth-order valence-corrected chi connectivity index (χ4v) is 2.50. The third-order valence-corrected chi connectivity index (χ3v) is 4.13. The van der Waals surface area contributed by atoms with Gasteiger partial charge < -0.3 is 14.8 Å². The van der Waals surface area contributed by atoms with Crippen molar-refractivity contribution in [3.05, 3.63) is 54.1 Å². The zero-order valence-corrected chi connectivity index (χ0v) is 14.4. The van der Waals surface area contributed by atoms with Gasteiger partial charge in [0, 0.05) is 17.0 Å². The summed E-state index contributed by atoms with van der Waals surface area (Å²) in [6, 6.07) is 15.3. The molecule has 0 bridgehead atoms. The van der Waals surface area contributed by atoms with Crippen LogP contribution in [0.1, 0.15) is 12.5 Å². The van der Waals surface area contributed by atoms with Gasteiger partial charge in [0.2, 0.25) is 0 Å². The van der Waals surface area contributed by atoms with Crippen LogP contribution < -0.4 is 14.8 Å². The van der Waals surface area contributed by atoms with E-state index in [1.165, 1.54) is 0 Å². The Morgan fingerprint density at radius 1 is 1.17 bits per heavy atom. The molecule has 2 aromatic carbocycles. The van der Waals surface area contributed by atoms with Gasteiger partial charge in [-0.2, -0.15) is 0 Å². The molecule has 122 valence electrons. The first-order chi connectivity index (χ1) is 11.1. The summed E-state index contributed by atoms with van der Waals surface area (Å²) >= 11 is 1.67. The lowest BCUT2D eigenvalue weighted by Crippen LogP contribution is -2.35. The summed E-state index contributed by atoms with van der Waals surface area (Å²) in [7, 11) is 1.62. The van der Waals surface area contributed by atoms with Crippen LogP contribution in [0, 0.1) is 0 Å². The first-order valence-electron chi connectivity index (χ1n) is 7.34. The van der Waals surface area contributed by atoms with Gasteiger partial charge in [-0.15, -0.1) is 11.8 Å². The van der Waals surface area contributed by atoms with E-state index in [1.54, 1.807) is 25.8 Å². The molecule has 0 saturated carbocycles. The molecule has 0 aliphatic heterocycles. The van der Waals surface area contributed by atoms with Crippen LogP contribution in [0.4, 0.5) is 0 Å². The van der Waals surface area contributed by atoms with Gasteiger partial charge in [0.15, 0.2) is 6.10 Å². The summed E-state index contributed by atoms with van der Waals surface area (Å²) < 4.78 is 10.9. The number of rotatable bonds is 7. The number of benzene rings is 2. The largest absolute Gasteiger partial charge is 0.496 e. The molecule has 2 rings (SSSR count). The van der Waals surface area contributed by atoms with Gasteiger partial charge in [0.1, 0.15) is 11.5 Å². The highest BCUT2D eigenvalue weighted by Gasteiger charge is 2.15. The molecule has 0 spiro atoms. The number of carbonyl (C=O) groups excluding carboxylic acids is 1. The maximum Gasteiger partial charge on any atom is 0.261 e. The topological polar surface area (TPSA) is 47.6 Å². The average molecular weight is 331 g/mol. The lowest BCUT2D eigenvalue weighted by atomic mass is 10.2. The molecule has 0 radical (unpaired) electrons. The van der Waals surface area contributed by atoms with Crippen molar-refractivity contribution in [2.24, 2.45) is 0 Å². The van der Waals surface area contributed by atoms with Gasteiger partial charge >= 0.3 is 0 Å². The maximum absolute atomic E-state index is 12.2. The highest BCUT2D eigenvalue weighted by Crippen LogP contribution is 2.20. The van der Waals surface area contributed by atoms with Crippen molar-refractivity contribution in [1.29, 1.82) is 0 Å². The Labute approximate surface area is 141 Å². The predicted molar refractivity (Wildman–Crippen MR) is 93.2 cm³/mol. The van der Waals surface area contributed by atoms with Crippen LogP contribution in [0.5, 0.6) is 11.5 Å². The summed E-state index contributed by atoms with van der Waals surface area (Å²) in [5.41, 5.74) is 0.930. The van der Waals surface area contributed by atoms with E-state index >= 15 is 0 Å². The molecule has 0 heterocycles. The second-order valence-corrected chi connectivity index (χ2v) is 5.84. The Bertz CT molecular complexity index is 643. The second kappa shape index (κ2) is 8.48. The molecular formula is C18H21NO3S. The normalized spacial score (nSPS) is 11.6. The van der Waals surface area contributed by atoms with E-state index in [2.05, 4.69) is 5.32 Å². The Kier molecular flexibility index (Phi) is 6.35. The summed E-state index contributed by atoms with van der Waals surface area (Å²) in [6.45, 7) is 2.14. The summed E-state index contributed by atoms with van der Waals surface area (Å²) in [5.74, 6) is 1.28. The van der Waals surface area contributed by atoms with Crippen molar-refractivity contribution < 1.29 is 14.3 Å². The van der Waals surface area contributed by atoms with E-state index in [0.717, 1.165) is 16.2 Å². The Morgan fingerprint density at radius 3 is 2.52 bits per heavy atom. The van der Waals surface area contributed by atoms with Crippen molar-refractivity contribution in [3.8, 4) is 11.5 Å². The molecule has 1 N–H and O–H groups in total. The van der Waals surface area contributed by atoms with E-state index in [-0.39, 0.29) is 5.91 Å². The Balaban J connectivity index is 1.89. The summed E-state index contributed by atoms with van der Waals surface area (Å²) in [5, 5.41) is 2.87. The van der Waals surface area contributed by atoms with E-state index < -0.39 is 6.10 Å². The molecule has 23 heavy (non-hydrogen) atoms. The molecule has 0 fully saturated rings. The molecule has 0 aliphatic rings. The minimum absolute atomic E-state index is 0.162. The number of hydrogen-bond donors (Lipinski definition) is 1. The lowest BCUT2D eigenvalue weighted by Gasteiger charge is -2.15. The van der Waals surface area contributed by atoms with E-state index in [9.17, 15) is 4.79 Å². The molecule has 1 unspecified atom stereocenters. The van der Waals surface area contributed by atoms with Crippen LogP contribution in [0.2, 0.25) is 0 Å². The highest BCUT2D eigenvalue weighted by atomic mass is 32.2. The lowest BCUT2D eigenvalue weighted by molar-refractivity contribution is -0.127. The van der Waals surface area contributed by atoms with Crippen LogP contribution in [-0.4, -0.2) is 25.4 Å². The molecule has 2 aromatic rings. The van der Waals surface area contributed by atoms with E-state index in [1.807, 2.05) is 54.8 Å². The molecule has 4 nitrogen and oxygen atoms in total. The van der Waals surface area contributed by atoms with E-state index in [4.69, 9.17) is 9.47 Å². The first kappa shape index (κ1) is 17.2. The molecule has 1 atom stereocenters. The van der Waals surface area contributed by atoms with Crippen LogP contribution in [-0.2, 0) is 11.3 Å². The summed E-state index contributed by atoms with van der Waals surface area (Å²) in [4.78, 5) is 13.3. The average Bonchev–Trinajstić information content (AvgIpc) is 2.60. The zero-order valence-electron chi connectivity index (χ0n) is 13.5. The van der Waals surface area contributed by atoms with Crippen molar-refractivity contribution in [1.82, 2.24) is 5.32 Å². The van der Waals surface area contributed by atoms with Crippen molar-refractivity contribution >= 4 is 17.7 Å². The van der Waals surface area contributed by atoms with Crippen molar-refractivity contribution in [3.63, 3.8) is 0 Å². The predicted octanol–water partition coefficient (Wildman–Crippen LogP) is 3.50. The maximum atomic E-state index is 12.2. The monoisotopic (exact) mass is 331 g/mol. The van der Waals surface area contributed by atoms with Crippen molar-refractivity contribution in [2.45, 2.75) is 24.5 Å². The van der Waals surface area contributed by atoms with Crippen LogP contribution >= 0.6 is 11.8 Å². The molecule has 1 amide bonds. The SMILES string of the molecule is COc1ccccc1CNC(=O)C(C)Oc1ccc(SC)cc1. The fraction of sp³-hybridized carbons (Fsp3) is 0.278. The number of methoxy groups -OCH3 is 1. The number of ether oxygens (including phenoxy) is 2. The number of carbonyl (C=O) groups is 1. The molecule has 0 aromatic heterocycles. The third-order valence-electron chi connectivity index (χ3n) is 3.39. The number of hydrogen-bond acceptors (Lipinski definition) is 4. The van der Waals surface area contributed by atoms with E-state index in [0.29, 0.717) is 12.3 Å². The quantitative estimate of drug-likeness (QED) is 0.789. The van der Waals surface area contributed by atoms with Crippen LogP contribution in [0.3, 0.4) is 0 Å². The van der Waals surface area contributed by atoms with Gasteiger partial charge in [-0.05, 0) is 43.5 Å². The minimum atomic E-state index is -0.565. The second-order valence-electron chi connectivity index (χ2n) is 4.97. The van der Waals surface area contributed by atoms with Gasteiger partial charge in [-0.25, -0.2) is 0 Å². The van der Waals surface area contributed by atoms with Gasteiger partial charge in [-0.1, -0.05) is 18.2 Å². The molecule has 0 saturated heterocycles. The first-order valence-corrected chi connectivity index (χ1v) is 8.57. The molecular weight excluding hydrogens is 310 g/mol. The van der Waals surface area contributed by atoms with Gasteiger partial charge in [-0.3, -0.25) is 4.79 Å². The number of para-hydroxylation sites is 1. The van der Waals surface area contributed by atoms with Gasteiger partial charge in [0.05, 0.1) is 7.11 Å². The Morgan fingerprint density at radius 2 is 1.87 bits per heavy atom. The number of thioether (sulfide) groups is 1. The third kappa shape index (κ3) is 4.93. The highest BCUT2D eigenvalue weighted by molar-refractivity contribution is 7.98. The number of amides is 1. The fourth-order valence-electron chi connectivity index (χ4n) is 2.09. The summed E-state index contributed by atoms with van der Waals surface area (Å²) in [6.07, 6.45) is 1.45. The minimum Gasteiger partial charge on any atom is -0.496 e. The number of nitrogens with one attached hydrogen (secondary N) is 1. The Hall–Kier alpha value is -2.14. The van der Waals surface area contributed by atoms with Crippen molar-refractivity contribution in [2.75, 3.05) is 13.4 Å². The smallest absolute Gasteiger partial charge is 0.261 e. The molecule has 5 heteroatoms. The standard InChI is InChI=1S/C18H21NO3S/c1-13(22-15-8-10-16(23-3)11-9-15)18(20)19-12-14-6-4-5-7-17(14)21-2/h4-11,13H,12H2,1-3H3,(H,19,20). The van der Waals surface area contributed by atoms with Crippen LogP contribution in [0.15, 0.2) is 53.4 Å².